The summed E-state index contributed by atoms with van der Waals surface area (Å²) in [7, 11) is 0. The second-order valence-electron chi connectivity index (χ2n) is 16.7. The first-order valence-electron chi connectivity index (χ1n) is 21.6. The number of carbonyl (C=O) groups is 3. The van der Waals surface area contributed by atoms with Crippen molar-refractivity contribution >= 4 is 45.9 Å². The van der Waals surface area contributed by atoms with E-state index in [1.165, 1.54) is 0 Å². The van der Waals surface area contributed by atoms with Crippen LogP contribution in [0.15, 0.2) is 65.5 Å². The minimum atomic E-state index is -0.900. The molecule has 3 amide bonds. The van der Waals surface area contributed by atoms with Gasteiger partial charge in [-0.15, -0.1) is 5.10 Å². The number of aromatic nitrogens is 3. The lowest BCUT2D eigenvalue weighted by molar-refractivity contribution is -0.164. The lowest BCUT2D eigenvalue weighted by Gasteiger charge is -2.63. The van der Waals surface area contributed by atoms with E-state index >= 15 is 0 Å². The first kappa shape index (κ1) is 48.8. The van der Waals surface area contributed by atoms with Crippen LogP contribution in [0.3, 0.4) is 0 Å². The summed E-state index contributed by atoms with van der Waals surface area (Å²) < 4.78 is 41.1. The molecule has 1 unspecified atom stereocenters. The molecule has 19 heteroatoms. The number of carbonyl (C=O) groups excluding carboxylic acids is 3. The number of nitrogens with one attached hydrogen (secondary N) is 3. The molecule has 1 saturated carbocycles. The topological polar surface area (TPSA) is 223 Å². The summed E-state index contributed by atoms with van der Waals surface area (Å²) in [6.45, 7) is 13.0. The molecule has 1 saturated heterocycles. The van der Waals surface area contributed by atoms with Gasteiger partial charge in [0, 0.05) is 47.2 Å². The zero-order valence-electron chi connectivity index (χ0n) is 37.1. The Bertz CT molecular complexity index is 2350. The van der Waals surface area contributed by atoms with Crippen LogP contribution < -0.4 is 31.0 Å². The number of anilines is 1. The van der Waals surface area contributed by atoms with E-state index in [0.717, 1.165) is 4.68 Å². The van der Waals surface area contributed by atoms with Crippen LogP contribution in [0.25, 0.3) is 10.9 Å². The van der Waals surface area contributed by atoms with Crippen LogP contribution in [0.4, 0.5) is 5.69 Å². The number of imide groups is 1. The van der Waals surface area contributed by atoms with Crippen molar-refractivity contribution in [3.05, 3.63) is 87.2 Å². The molecule has 348 valence electrons. The zero-order chi connectivity index (χ0) is 46.4. The number of rotatable bonds is 25. The van der Waals surface area contributed by atoms with E-state index in [0.29, 0.717) is 123 Å². The molecule has 18 nitrogen and oxygen atoms in total. The molecule has 0 spiro atoms. The van der Waals surface area contributed by atoms with E-state index in [9.17, 15) is 24.4 Å². The smallest absolute Gasteiger partial charge is 0.280 e. The number of benzene rings is 3. The molecule has 1 aliphatic carbocycles. The van der Waals surface area contributed by atoms with Gasteiger partial charge in [-0.3, -0.25) is 24.5 Å². The number of ether oxygens (including phenoxy) is 7. The molecular weight excluding hydrogens is 862 g/mol. The van der Waals surface area contributed by atoms with Gasteiger partial charge in [0.2, 0.25) is 5.91 Å². The fourth-order valence-electron chi connectivity index (χ4n) is 8.34. The SMILES string of the molecule is CC1(C)[C@H](NC(=O)c2ccc(OCCOCCOCCOCCOCCOCCNc3cccc4nnn(C5CCC(=O)NC5=O)c(=O)c34)cc2)C(C)(C)[C@H]1Oc1ccc(C#N)c(Cl)c1. The summed E-state index contributed by atoms with van der Waals surface area (Å²) >= 11 is 6.22. The Labute approximate surface area is 382 Å². The molecule has 1 atom stereocenters. The number of nitriles is 1. The largest absolute Gasteiger partial charge is 0.491 e. The highest BCUT2D eigenvalue weighted by Crippen LogP contribution is 2.55. The van der Waals surface area contributed by atoms with Crippen LogP contribution in [0.1, 0.15) is 62.5 Å². The standard InChI is InChI=1S/C46H56ClN7O11/c1-45(2)43(46(3,4)44(45)65-33-13-10-31(29-48)34(47)28-33)51-40(56)30-8-11-32(12-9-30)64-27-26-63-25-24-62-23-22-61-21-20-60-19-18-59-17-16-49-35-6-5-7-36-39(35)42(58)54(53-52-36)37-14-15-38(55)50-41(37)57/h5-13,28,37,43-44,49H,14-27H2,1-4H3,(H,51,56)(H,50,55,57)/t37?,43-,44-. The van der Waals surface area contributed by atoms with Gasteiger partial charge in [0.25, 0.3) is 17.4 Å². The Morgan fingerprint density at radius 2 is 1.43 bits per heavy atom. The molecule has 1 aliphatic heterocycles. The van der Waals surface area contributed by atoms with Crippen LogP contribution in [-0.2, 0) is 33.3 Å². The monoisotopic (exact) mass is 917 g/mol. The number of piperidine rings is 1. The Morgan fingerprint density at radius 1 is 0.831 bits per heavy atom. The fourth-order valence-corrected chi connectivity index (χ4v) is 8.55. The van der Waals surface area contributed by atoms with Crippen LogP contribution in [0.5, 0.6) is 11.5 Å². The normalized spacial score (nSPS) is 18.6. The van der Waals surface area contributed by atoms with Gasteiger partial charge in [0.15, 0.2) is 0 Å². The highest BCUT2D eigenvalue weighted by atomic mass is 35.5. The van der Waals surface area contributed by atoms with Crippen molar-refractivity contribution in [1.29, 1.82) is 5.26 Å². The first-order chi connectivity index (χ1) is 31.3. The van der Waals surface area contributed by atoms with E-state index in [2.05, 4.69) is 60.0 Å². The van der Waals surface area contributed by atoms with E-state index in [-0.39, 0.29) is 47.6 Å². The van der Waals surface area contributed by atoms with Gasteiger partial charge in [-0.25, -0.2) is 0 Å². The minimum absolute atomic E-state index is 0.120. The maximum atomic E-state index is 13.3. The van der Waals surface area contributed by atoms with Crippen LogP contribution >= 0.6 is 11.6 Å². The van der Waals surface area contributed by atoms with Gasteiger partial charge in [-0.2, -0.15) is 9.94 Å². The van der Waals surface area contributed by atoms with Gasteiger partial charge in [-0.1, -0.05) is 50.6 Å². The number of nitrogens with zero attached hydrogens (tertiary/aromatic N) is 4. The molecular formula is C46H56ClN7O11. The molecule has 0 radical (unpaired) electrons. The quantitative estimate of drug-likeness (QED) is 0.0616. The minimum Gasteiger partial charge on any atom is -0.491 e. The van der Waals surface area contributed by atoms with E-state index in [4.69, 9.17) is 44.8 Å². The lowest BCUT2D eigenvalue weighted by Crippen LogP contribution is -2.74. The van der Waals surface area contributed by atoms with Crippen molar-refractivity contribution in [1.82, 2.24) is 25.6 Å². The Hall–Kier alpha value is -5.68. The summed E-state index contributed by atoms with van der Waals surface area (Å²) in [5, 5.41) is 26.5. The number of amides is 3. The molecule has 6 rings (SSSR count). The van der Waals surface area contributed by atoms with Gasteiger partial charge in [0.05, 0.1) is 82.0 Å². The van der Waals surface area contributed by atoms with Crippen molar-refractivity contribution in [2.24, 2.45) is 10.8 Å². The van der Waals surface area contributed by atoms with E-state index in [1.54, 1.807) is 60.7 Å². The second-order valence-corrected chi connectivity index (χ2v) is 17.1. The highest BCUT2D eigenvalue weighted by molar-refractivity contribution is 6.31. The molecule has 2 fully saturated rings. The molecule has 1 aromatic heterocycles. The van der Waals surface area contributed by atoms with Gasteiger partial charge in [-0.05, 0) is 55.0 Å². The fraction of sp³-hybridized carbons (Fsp3) is 0.500. The summed E-state index contributed by atoms with van der Waals surface area (Å²) in [5.74, 6) is 0.0739. The van der Waals surface area contributed by atoms with Gasteiger partial charge in [0.1, 0.15) is 41.8 Å². The summed E-state index contributed by atoms with van der Waals surface area (Å²) in [5.41, 5.74) is 0.622. The molecule has 3 aromatic carbocycles. The van der Waals surface area contributed by atoms with Crippen molar-refractivity contribution < 1.29 is 47.5 Å². The van der Waals surface area contributed by atoms with E-state index < -0.39 is 17.5 Å². The number of hydrogen-bond acceptors (Lipinski definition) is 15. The summed E-state index contributed by atoms with van der Waals surface area (Å²) in [6.07, 6.45) is 0.0979. The number of halogens is 1. The Kier molecular flexibility index (Phi) is 17.2. The maximum Gasteiger partial charge on any atom is 0.280 e. The maximum absolute atomic E-state index is 13.3. The van der Waals surface area contributed by atoms with E-state index in [1.807, 2.05) is 0 Å². The zero-order valence-corrected chi connectivity index (χ0v) is 37.8. The first-order valence-corrected chi connectivity index (χ1v) is 21.9. The number of hydrogen-bond donors (Lipinski definition) is 3. The number of fused-ring (bicyclic) bond motifs is 1. The predicted molar refractivity (Wildman–Crippen MR) is 239 cm³/mol. The molecule has 4 aromatic rings. The molecule has 65 heavy (non-hydrogen) atoms. The molecule has 3 N–H and O–H groups in total. The lowest BCUT2D eigenvalue weighted by atomic mass is 9.49. The average molecular weight is 918 g/mol. The van der Waals surface area contributed by atoms with Crippen molar-refractivity contribution in [2.75, 3.05) is 84.5 Å². The van der Waals surface area contributed by atoms with Gasteiger partial charge < -0.3 is 43.8 Å². The Morgan fingerprint density at radius 3 is 2.03 bits per heavy atom. The Balaban J connectivity index is 0.744. The third kappa shape index (κ3) is 12.6. The predicted octanol–water partition coefficient (Wildman–Crippen LogP) is 4.48. The van der Waals surface area contributed by atoms with Crippen LogP contribution in [-0.4, -0.2) is 124 Å². The third-order valence-corrected chi connectivity index (χ3v) is 11.6. The van der Waals surface area contributed by atoms with Crippen LogP contribution in [0, 0.1) is 22.2 Å². The molecule has 2 heterocycles. The molecule has 0 bridgehead atoms. The highest BCUT2D eigenvalue weighted by Gasteiger charge is 2.64. The summed E-state index contributed by atoms with van der Waals surface area (Å²) in [4.78, 5) is 50.4. The molecule has 2 aliphatic rings. The second kappa shape index (κ2) is 23.0. The summed E-state index contributed by atoms with van der Waals surface area (Å²) in [6, 6.07) is 18.2. The third-order valence-electron chi connectivity index (χ3n) is 11.3. The van der Waals surface area contributed by atoms with Crippen molar-refractivity contribution in [3.63, 3.8) is 0 Å². The van der Waals surface area contributed by atoms with Crippen LogP contribution in [0.2, 0.25) is 5.02 Å². The van der Waals surface area contributed by atoms with Gasteiger partial charge >= 0.3 is 0 Å². The average Bonchev–Trinajstić information content (AvgIpc) is 3.28. The van der Waals surface area contributed by atoms with Crippen molar-refractivity contribution in [2.45, 2.75) is 58.7 Å². The van der Waals surface area contributed by atoms with Crippen molar-refractivity contribution in [3.8, 4) is 17.6 Å².